The molecule has 2 heterocycles. The normalized spacial score (nSPS) is 15.3. The van der Waals surface area contributed by atoms with Crippen molar-refractivity contribution in [2.45, 2.75) is 34.2 Å². The monoisotopic (exact) mass is 484 g/mol. The van der Waals surface area contributed by atoms with E-state index in [2.05, 4.69) is 30.5 Å². The summed E-state index contributed by atoms with van der Waals surface area (Å²) in [5.41, 5.74) is 7.31. The molecule has 2 amide bonds. The van der Waals surface area contributed by atoms with Crippen molar-refractivity contribution in [1.29, 1.82) is 0 Å². The highest BCUT2D eigenvalue weighted by molar-refractivity contribution is 8.18. The number of hydrogen-bond acceptors (Lipinski definition) is 3. The highest BCUT2D eigenvalue weighted by atomic mass is 35.5. The van der Waals surface area contributed by atoms with E-state index >= 15 is 0 Å². The fourth-order valence-electron chi connectivity index (χ4n) is 3.88. The number of benzene rings is 2. The van der Waals surface area contributed by atoms with Gasteiger partial charge in [-0.3, -0.25) is 14.5 Å². The van der Waals surface area contributed by atoms with E-state index in [0.29, 0.717) is 15.0 Å². The predicted octanol–water partition coefficient (Wildman–Crippen LogP) is 7.25. The first kappa shape index (κ1) is 22.7. The molecule has 32 heavy (non-hydrogen) atoms. The van der Waals surface area contributed by atoms with Gasteiger partial charge in [0.05, 0.1) is 21.5 Å². The van der Waals surface area contributed by atoms with Crippen molar-refractivity contribution in [2.24, 2.45) is 0 Å². The maximum atomic E-state index is 13.0. The first-order valence-electron chi connectivity index (χ1n) is 10.1. The first-order valence-corrected chi connectivity index (χ1v) is 11.7. The van der Waals surface area contributed by atoms with Gasteiger partial charge in [0.1, 0.15) is 0 Å². The number of rotatable bonds is 4. The van der Waals surface area contributed by atoms with Gasteiger partial charge in [0.25, 0.3) is 11.1 Å². The minimum absolute atomic E-state index is 0.153. The molecule has 2 aromatic carbocycles. The lowest BCUT2D eigenvalue weighted by atomic mass is 10.1. The van der Waals surface area contributed by atoms with Crippen LogP contribution in [-0.4, -0.2) is 20.6 Å². The average Bonchev–Trinajstić information content (AvgIpc) is 3.16. The zero-order chi connectivity index (χ0) is 23.2. The van der Waals surface area contributed by atoms with E-state index in [4.69, 9.17) is 23.2 Å². The standard InChI is InChI=1S/C25H22Cl2N2O2S/c1-14-6-5-7-22(16(14)3)29-15(2)10-19(17(29)4)12-23-24(30)28(25(31)32-23)13-18-8-9-20(26)21(27)11-18/h5-12H,13H2,1-4H3/b23-12-. The molecule has 164 valence electrons. The molecular weight excluding hydrogens is 463 g/mol. The second kappa shape index (κ2) is 8.81. The molecule has 0 radical (unpaired) electrons. The summed E-state index contributed by atoms with van der Waals surface area (Å²) in [5, 5.41) is 0.532. The third-order valence-electron chi connectivity index (χ3n) is 5.77. The average molecular weight is 485 g/mol. The third kappa shape index (κ3) is 4.13. The molecule has 0 atom stereocenters. The number of hydrogen-bond donors (Lipinski definition) is 0. The number of carbonyl (C=O) groups excluding carboxylic acids is 2. The summed E-state index contributed by atoms with van der Waals surface area (Å²) in [6.45, 7) is 8.43. The summed E-state index contributed by atoms with van der Waals surface area (Å²) in [6, 6.07) is 13.4. The van der Waals surface area contributed by atoms with Gasteiger partial charge in [-0.25, -0.2) is 0 Å². The lowest BCUT2D eigenvalue weighted by Gasteiger charge is -2.14. The molecule has 0 bridgehead atoms. The molecule has 1 aromatic heterocycles. The van der Waals surface area contributed by atoms with E-state index < -0.39 is 0 Å². The van der Waals surface area contributed by atoms with Crippen LogP contribution in [-0.2, 0) is 11.3 Å². The van der Waals surface area contributed by atoms with Crippen molar-refractivity contribution >= 4 is 52.2 Å². The van der Waals surface area contributed by atoms with E-state index in [-0.39, 0.29) is 17.7 Å². The van der Waals surface area contributed by atoms with Crippen LogP contribution in [0.4, 0.5) is 4.79 Å². The van der Waals surface area contributed by atoms with Gasteiger partial charge in [-0.15, -0.1) is 0 Å². The van der Waals surface area contributed by atoms with Crippen molar-refractivity contribution in [3.63, 3.8) is 0 Å². The molecule has 0 spiro atoms. The Morgan fingerprint density at radius 1 is 0.969 bits per heavy atom. The smallest absolute Gasteiger partial charge is 0.293 e. The predicted molar refractivity (Wildman–Crippen MR) is 133 cm³/mol. The Bertz CT molecular complexity index is 1290. The van der Waals surface area contributed by atoms with Crippen LogP contribution in [0.3, 0.4) is 0 Å². The Morgan fingerprint density at radius 3 is 2.44 bits per heavy atom. The molecular formula is C25H22Cl2N2O2S. The Labute approximate surface area is 201 Å². The zero-order valence-corrected chi connectivity index (χ0v) is 20.5. The fraction of sp³-hybridized carbons (Fsp3) is 0.200. The molecule has 0 N–H and O–H groups in total. The number of imide groups is 1. The van der Waals surface area contributed by atoms with Crippen LogP contribution < -0.4 is 0 Å². The highest BCUT2D eigenvalue weighted by Gasteiger charge is 2.35. The molecule has 0 aliphatic carbocycles. The van der Waals surface area contributed by atoms with Crippen LogP contribution in [0.5, 0.6) is 0 Å². The lowest BCUT2D eigenvalue weighted by molar-refractivity contribution is -0.123. The van der Waals surface area contributed by atoms with E-state index in [9.17, 15) is 9.59 Å². The Morgan fingerprint density at radius 2 is 1.72 bits per heavy atom. The number of aromatic nitrogens is 1. The fourth-order valence-corrected chi connectivity index (χ4v) is 5.03. The van der Waals surface area contributed by atoms with Crippen LogP contribution in [0.25, 0.3) is 11.8 Å². The second-order valence-electron chi connectivity index (χ2n) is 7.90. The molecule has 1 fully saturated rings. The van der Waals surface area contributed by atoms with Crippen LogP contribution in [0.15, 0.2) is 47.4 Å². The van der Waals surface area contributed by atoms with Crippen LogP contribution in [0, 0.1) is 27.7 Å². The summed E-state index contributed by atoms with van der Waals surface area (Å²) in [7, 11) is 0. The molecule has 1 saturated heterocycles. The zero-order valence-electron chi connectivity index (χ0n) is 18.2. The Balaban J connectivity index is 1.65. The van der Waals surface area contributed by atoms with E-state index in [0.717, 1.165) is 40.0 Å². The second-order valence-corrected chi connectivity index (χ2v) is 9.70. The van der Waals surface area contributed by atoms with Gasteiger partial charge in [-0.2, -0.15) is 0 Å². The number of nitrogens with zero attached hydrogens (tertiary/aromatic N) is 2. The summed E-state index contributed by atoms with van der Waals surface area (Å²) in [6.07, 6.45) is 1.81. The summed E-state index contributed by atoms with van der Waals surface area (Å²) < 4.78 is 2.19. The van der Waals surface area contributed by atoms with Gasteiger partial charge in [-0.05, 0) is 92.1 Å². The number of thioether (sulfide) groups is 1. The quantitative estimate of drug-likeness (QED) is 0.366. The first-order chi connectivity index (χ1) is 15.2. The molecule has 0 unspecified atom stereocenters. The molecule has 4 nitrogen and oxygen atoms in total. The van der Waals surface area contributed by atoms with Crippen molar-refractivity contribution in [2.75, 3.05) is 0 Å². The highest BCUT2D eigenvalue weighted by Crippen LogP contribution is 2.35. The van der Waals surface area contributed by atoms with Crippen LogP contribution in [0.2, 0.25) is 10.0 Å². The maximum absolute atomic E-state index is 13.0. The van der Waals surface area contributed by atoms with Gasteiger partial charge in [0.15, 0.2) is 0 Å². The molecule has 4 rings (SSSR count). The molecule has 7 heteroatoms. The van der Waals surface area contributed by atoms with Gasteiger partial charge in [-0.1, -0.05) is 41.4 Å². The van der Waals surface area contributed by atoms with E-state index in [1.54, 1.807) is 18.2 Å². The molecule has 0 saturated carbocycles. The maximum Gasteiger partial charge on any atom is 0.293 e. The van der Waals surface area contributed by atoms with Crippen molar-refractivity contribution in [3.8, 4) is 5.69 Å². The summed E-state index contributed by atoms with van der Waals surface area (Å²) >= 11 is 13.0. The SMILES string of the molecule is Cc1cccc(-n2c(C)cc(/C=C3\SC(=O)N(Cc4ccc(Cl)c(Cl)c4)C3=O)c2C)c1C. The number of carbonyl (C=O) groups is 2. The number of aryl methyl sites for hydroxylation is 2. The minimum Gasteiger partial charge on any atom is -0.318 e. The molecule has 1 aliphatic heterocycles. The minimum atomic E-state index is -0.303. The van der Waals surface area contributed by atoms with E-state index in [1.807, 2.05) is 32.1 Å². The van der Waals surface area contributed by atoms with Crippen molar-refractivity contribution in [1.82, 2.24) is 9.47 Å². The Kier molecular flexibility index (Phi) is 6.26. The molecule has 3 aromatic rings. The van der Waals surface area contributed by atoms with Gasteiger partial charge in [0.2, 0.25) is 0 Å². The summed E-state index contributed by atoms with van der Waals surface area (Å²) in [5.74, 6) is -0.303. The number of amides is 2. The largest absolute Gasteiger partial charge is 0.318 e. The summed E-state index contributed by atoms with van der Waals surface area (Å²) in [4.78, 5) is 27.2. The van der Waals surface area contributed by atoms with Crippen LogP contribution >= 0.6 is 35.0 Å². The van der Waals surface area contributed by atoms with E-state index in [1.165, 1.54) is 16.0 Å². The van der Waals surface area contributed by atoms with Gasteiger partial charge >= 0.3 is 0 Å². The number of halogens is 2. The topological polar surface area (TPSA) is 42.3 Å². The van der Waals surface area contributed by atoms with Crippen LogP contribution in [0.1, 0.15) is 33.6 Å². The Hall–Kier alpha value is -2.47. The van der Waals surface area contributed by atoms with Gasteiger partial charge < -0.3 is 4.57 Å². The van der Waals surface area contributed by atoms with Crippen molar-refractivity contribution < 1.29 is 9.59 Å². The lowest BCUT2D eigenvalue weighted by Crippen LogP contribution is -2.27. The third-order valence-corrected chi connectivity index (χ3v) is 7.42. The van der Waals surface area contributed by atoms with Gasteiger partial charge in [0, 0.05) is 17.1 Å². The molecule has 1 aliphatic rings. The van der Waals surface area contributed by atoms with Crippen molar-refractivity contribution in [3.05, 3.63) is 91.1 Å².